The zero-order valence-electron chi connectivity index (χ0n) is 13.8. The van der Waals surface area contributed by atoms with Crippen LogP contribution >= 0.6 is 0 Å². The zero-order chi connectivity index (χ0) is 15.2. The molecule has 2 rings (SSSR count). The number of ether oxygens (including phenoxy) is 1. The van der Waals surface area contributed by atoms with Gasteiger partial charge >= 0.3 is 0 Å². The summed E-state index contributed by atoms with van der Waals surface area (Å²) in [5, 5.41) is 3.77. The van der Waals surface area contributed by atoms with Gasteiger partial charge in [-0.05, 0) is 46.5 Å². The third-order valence-electron chi connectivity index (χ3n) is 4.14. The summed E-state index contributed by atoms with van der Waals surface area (Å²) in [7, 11) is 2.03. The molecule has 2 heterocycles. The Bertz CT molecular complexity index is 462. The highest BCUT2D eigenvalue weighted by atomic mass is 16.5. The van der Waals surface area contributed by atoms with Crippen molar-refractivity contribution in [1.82, 2.24) is 14.9 Å². The predicted molar refractivity (Wildman–Crippen MR) is 86.2 cm³/mol. The Morgan fingerprint density at radius 1 is 1.57 bits per heavy atom. The number of nitrogens with one attached hydrogen (secondary N) is 1. The van der Waals surface area contributed by atoms with Crippen molar-refractivity contribution in [2.24, 2.45) is 7.05 Å². The number of aromatic nitrogens is 2. The number of hydrogen-bond acceptors (Lipinski definition) is 3. The van der Waals surface area contributed by atoms with Crippen LogP contribution in [0.25, 0.3) is 0 Å². The van der Waals surface area contributed by atoms with Crippen LogP contribution in [0.5, 0.6) is 0 Å². The number of nitrogens with zero attached hydrogens (tertiary/aromatic N) is 2. The van der Waals surface area contributed by atoms with E-state index in [2.05, 4.69) is 41.7 Å². The molecule has 0 aliphatic carbocycles. The lowest BCUT2D eigenvalue weighted by molar-refractivity contribution is -0.00543. The van der Waals surface area contributed by atoms with Crippen molar-refractivity contribution in [3.05, 3.63) is 29.9 Å². The van der Waals surface area contributed by atoms with Crippen LogP contribution in [0.4, 0.5) is 0 Å². The molecule has 0 amide bonds. The summed E-state index contributed by atoms with van der Waals surface area (Å²) in [5.74, 6) is 0. The molecule has 0 unspecified atom stereocenters. The molecule has 0 saturated carbocycles. The molecule has 4 heteroatoms. The van der Waals surface area contributed by atoms with E-state index in [1.54, 1.807) is 0 Å². The molecule has 1 aromatic heterocycles. The van der Waals surface area contributed by atoms with Gasteiger partial charge in [-0.15, -0.1) is 0 Å². The zero-order valence-corrected chi connectivity index (χ0v) is 13.8. The van der Waals surface area contributed by atoms with Crippen molar-refractivity contribution >= 4 is 0 Å². The lowest BCUT2D eigenvalue weighted by atomic mass is 9.99. The van der Waals surface area contributed by atoms with Gasteiger partial charge in [0.05, 0.1) is 18.2 Å². The van der Waals surface area contributed by atoms with Crippen molar-refractivity contribution in [1.29, 1.82) is 0 Å². The highest BCUT2D eigenvalue weighted by Crippen LogP contribution is 2.27. The molecule has 1 aromatic rings. The first kappa shape index (κ1) is 16.2. The molecule has 3 atom stereocenters. The Hall–Kier alpha value is -1.13. The molecular formula is C17H29N3O. The van der Waals surface area contributed by atoms with Crippen molar-refractivity contribution in [3.8, 4) is 0 Å². The summed E-state index contributed by atoms with van der Waals surface area (Å²) in [6.45, 7) is 7.44. The van der Waals surface area contributed by atoms with E-state index in [1.807, 2.05) is 19.6 Å². The molecule has 1 N–H and O–H groups in total. The van der Waals surface area contributed by atoms with Gasteiger partial charge in [0.1, 0.15) is 6.10 Å². The standard InChI is InChI=1S/C17H29N3O/c1-13(2)6-5-7-14(3)19-15-8-9-21-17(10-15)16-11-18-12-20(16)4/h6,11-12,14-15,17,19H,5,7-10H2,1-4H3/t14-,15+,17+/m0/s1. The van der Waals surface area contributed by atoms with Crippen LogP contribution in [0, 0.1) is 0 Å². The molecule has 0 aromatic carbocycles. The second-order valence-electron chi connectivity index (χ2n) is 6.44. The molecular weight excluding hydrogens is 262 g/mol. The largest absolute Gasteiger partial charge is 0.372 e. The summed E-state index contributed by atoms with van der Waals surface area (Å²) in [6.07, 6.45) is 10.7. The fraction of sp³-hybridized carbons (Fsp3) is 0.706. The SMILES string of the molecule is CC(C)=CCC[C@H](C)N[C@@H]1CCO[C@@H](c2cncn2C)C1. The minimum absolute atomic E-state index is 0.175. The molecule has 0 radical (unpaired) electrons. The van der Waals surface area contributed by atoms with Gasteiger partial charge in [-0.2, -0.15) is 0 Å². The van der Waals surface area contributed by atoms with E-state index >= 15 is 0 Å². The number of rotatable bonds is 6. The maximum atomic E-state index is 5.92. The average Bonchev–Trinajstić information content (AvgIpc) is 2.85. The predicted octanol–water partition coefficient (Wildman–Crippen LogP) is 3.36. The van der Waals surface area contributed by atoms with E-state index < -0.39 is 0 Å². The quantitative estimate of drug-likeness (QED) is 0.817. The Morgan fingerprint density at radius 3 is 3.05 bits per heavy atom. The van der Waals surface area contributed by atoms with Gasteiger partial charge in [0.25, 0.3) is 0 Å². The van der Waals surface area contributed by atoms with E-state index in [9.17, 15) is 0 Å². The van der Waals surface area contributed by atoms with Gasteiger partial charge in [0.2, 0.25) is 0 Å². The Morgan fingerprint density at radius 2 is 2.38 bits per heavy atom. The molecule has 1 fully saturated rings. The third kappa shape index (κ3) is 4.97. The molecule has 1 aliphatic rings. The third-order valence-corrected chi connectivity index (χ3v) is 4.14. The number of hydrogen-bond donors (Lipinski definition) is 1. The molecule has 21 heavy (non-hydrogen) atoms. The van der Waals surface area contributed by atoms with Gasteiger partial charge in [-0.1, -0.05) is 11.6 Å². The van der Waals surface area contributed by atoms with Crippen LogP contribution < -0.4 is 5.32 Å². The molecule has 0 bridgehead atoms. The van der Waals surface area contributed by atoms with Crippen LogP contribution in [0.2, 0.25) is 0 Å². The highest BCUT2D eigenvalue weighted by molar-refractivity contribution is 5.04. The van der Waals surface area contributed by atoms with Crippen LogP contribution in [0.3, 0.4) is 0 Å². The fourth-order valence-electron chi connectivity index (χ4n) is 2.94. The first-order chi connectivity index (χ1) is 10.1. The molecule has 4 nitrogen and oxygen atoms in total. The number of allylic oxidation sites excluding steroid dienone is 2. The normalized spacial score (nSPS) is 23.8. The van der Waals surface area contributed by atoms with E-state index in [-0.39, 0.29) is 6.10 Å². The first-order valence-electron chi connectivity index (χ1n) is 8.03. The highest BCUT2D eigenvalue weighted by Gasteiger charge is 2.26. The topological polar surface area (TPSA) is 39.1 Å². The molecule has 0 spiro atoms. The minimum atomic E-state index is 0.175. The smallest absolute Gasteiger partial charge is 0.100 e. The summed E-state index contributed by atoms with van der Waals surface area (Å²) >= 11 is 0. The van der Waals surface area contributed by atoms with Gasteiger partial charge in [0, 0.05) is 25.7 Å². The van der Waals surface area contributed by atoms with Crippen molar-refractivity contribution in [2.45, 2.75) is 64.6 Å². The Labute approximate surface area is 128 Å². The fourth-order valence-corrected chi connectivity index (χ4v) is 2.94. The van der Waals surface area contributed by atoms with Crippen molar-refractivity contribution in [3.63, 3.8) is 0 Å². The number of imidazole rings is 1. The first-order valence-corrected chi connectivity index (χ1v) is 8.03. The molecule has 1 aliphatic heterocycles. The maximum Gasteiger partial charge on any atom is 0.100 e. The number of aryl methyl sites for hydroxylation is 1. The van der Waals surface area contributed by atoms with Crippen LogP contribution in [0.1, 0.15) is 58.3 Å². The summed E-state index contributed by atoms with van der Waals surface area (Å²) in [5.41, 5.74) is 2.59. The van der Waals surface area contributed by atoms with Gasteiger partial charge in [0.15, 0.2) is 0 Å². The van der Waals surface area contributed by atoms with Crippen molar-refractivity contribution in [2.75, 3.05) is 6.61 Å². The summed E-state index contributed by atoms with van der Waals surface area (Å²) < 4.78 is 7.98. The van der Waals surface area contributed by atoms with Gasteiger partial charge in [-0.25, -0.2) is 4.98 Å². The summed E-state index contributed by atoms with van der Waals surface area (Å²) in [4.78, 5) is 4.20. The van der Waals surface area contributed by atoms with Crippen LogP contribution in [-0.4, -0.2) is 28.2 Å². The monoisotopic (exact) mass is 291 g/mol. The molecule has 1 saturated heterocycles. The van der Waals surface area contributed by atoms with E-state index in [1.165, 1.54) is 17.7 Å². The summed E-state index contributed by atoms with van der Waals surface area (Å²) in [6, 6.07) is 1.09. The van der Waals surface area contributed by atoms with Crippen LogP contribution in [0.15, 0.2) is 24.2 Å². The lowest BCUT2D eigenvalue weighted by Crippen LogP contribution is -2.41. The van der Waals surface area contributed by atoms with Gasteiger partial charge in [-0.3, -0.25) is 0 Å². The van der Waals surface area contributed by atoms with E-state index in [0.29, 0.717) is 12.1 Å². The second-order valence-corrected chi connectivity index (χ2v) is 6.44. The Balaban J connectivity index is 1.81. The van der Waals surface area contributed by atoms with Crippen molar-refractivity contribution < 1.29 is 4.74 Å². The van der Waals surface area contributed by atoms with E-state index in [4.69, 9.17) is 4.74 Å². The van der Waals surface area contributed by atoms with E-state index in [0.717, 1.165) is 25.9 Å². The Kier molecular flexibility index (Phi) is 6.00. The van der Waals surface area contributed by atoms with Crippen LogP contribution in [-0.2, 0) is 11.8 Å². The average molecular weight is 291 g/mol. The second kappa shape index (κ2) is 7.76. The van der Waals surface area contributed by atoms with Gasteiger partial charge < -0.3 is 14.6 Å². The lowest BCUT2D eigenvalue weighted by Gasteiger charge is -2.32. The maximum absolute atomic E-state index is 5.92. The minimum Gasteiger partial charge on any atom is -0.372 e. The molecule has 118 valence electrons.